The summed E-state index contributed by atoms with van der Waals surface area (Å²) in [4.78, 5) is 36.0. The lowest BCUT2D eigenvalue weighted by Gasteiger charge is -2.19. The van der Waals surface area contributed by atoms with Gasteiger partial charge in [0.1, 0.15) is 0 Å². The summed E-state index contributed by atoms with van der Waals surface area (Å²) < 4.78 is 0.464. The number of amides is 1. The van der Waals surface area contributed by atoms with E-state index in [1.54, 1.807) is 0 Å². The lowest BCUT2D eigenvalue weighted by molar-refractivity contribution is -0.117. The van der Waals surface area contributed by atoms with Crippen LogP contribution in [0.4, 0.5) is 5.69 Å². The largest absolute Gasteiger partial charge is 0.478 e. The third-order valence-electron chi connectivity index (χ3n) is 3.29. The van der Waals surface area contributed by atoms with Gasteiger partial charge in [0, 0.05) is 30.1 Å². The van der Waals surface area contributed by atoms with E-state index in [0.29, 0.717) is 33.9 Å². The number of carboxylic acid groups (broad SMARTS) is 1. The van der Waals surface area contributed by atoms with E-state index < -0.39 is 5.97 Å². The fourth-order valence-electron chi connectivity index (χ4n) is 2.29. The van der Waals surface area contributed by atoms with Crippen molar-refractivity contribution in [3.05, 3.63) is 27.2 Å². The molecule has 1 saturated heterocycles. The van der Waals surface area contributed by atoms with Gasteiger partial charge in [0.2, 0.25) is 5.91 Å². The molecule has 0 spiro atoms. The molecule has 0 radical (unpaired) electrons. The van der Waals surface area contributed by atoms with Gasteiger partial charge in [-0.15, -0.1) is 0 Å². The Morgan fingerprint density at radius 3 is 2.77 bits per heavy atom. The third kappa shape index (κ3) is 3.83. The molecule has 1 aromatic rings. The number of halogens is 2. The minimum atomic E-state index is -1.12. The minimum absolute atomic E-state index is 0.00353. The number of rotatable bonds is 4. The molecule has 118 valence electrons. The molecule has 0 saturated carbocycles. The number of benzene rings is 1. The Labute approximate surface area is 145 Å². The van der Waals surface area contributed by atoms with E-state index in [9.17, 15) is 19.5 Å². The molecule has 1 N–H and O–H groups in total. The molecule has 8 heteroatoms. The van der Waals surface area contributed by atoms with Crippen molar-refractivity contribution in [2.24, 2.45) is 5.92 Å². The molecule has 1 amide bonds. The molecule has 1 aliphatic rings. The smallest absolute Gasteiger partial charge is 0.337 e. The summed E-state index contributed by atoms with van der Waals surface area (Å²) in [5, 5.41) is 9.66. The number of anilines is 1. The molecule has 0 aliphatic carbocycles. The highest BCUT2D eigenvalue weighted by Gasteiger charge is 2.33. The Morgan fingerprint density at radius 2 is 2.18 bits per heavy atom. The van der Waals surface area contributed by atoms with Gasteiger partial charge in [-0.25, -0.2) is 4.79 Å². The quantitative estimate of drug-likeness (QED) is 0.829. The van der Waals surface area contributed by atoms with Gasteiger partial charge in [-0.2, -0.15) is 0 Å². The number of hydrogen-bond donors (Lipinski definition) is 1. The Morgan fingerprint density at radius 1 is 1.50 bits per heavy atom. The van der Waals surface area contributed by atoms with Gasteiger partial charge in [-0.1, -0.05) is 23.4 Å². The van der Waals surface area contributed by atoms with Gasteiger partial charge >= 0.3 is 5.97 Å². The van der Waals surface area contributed by atoms with Crippen LogP contribution in [0.15, 0.2) is 16.6 Å². The summed E-state index contributed by atoms with van der Waals surface area (Å²) in [6.45, 7) is 1.87. The maximum absolute atomic E-state index is 12.2. The molecule has 22 heavy (non-hydrogen) atoms. The van der Waals surface area contributed by atoms with E-state index in [4.69, 9.17) is 11.6 Å². The number of carboxylic acids is 1. The Bertz CT molecular complexity index is 652. The maximum Gasteiger partial charge on any atom is 0.337 e. The number of carbonyl (C=O) groups excluding carboxylic acids is 2. The topological polar surface area (TPSA) is 74.7 Å². The highest BCUT2D eigenvalue weighted by molar-refractivity contribution is 9.10. The Balaban J connectivity index is 2.28. The van der Waals surface area contributed by atoms with Crippen molar-refractivity contribution in [3.8, 4) is 0 Å². The van der Waals surface area contributed by atoms with Crippen molar-refractivity contribution < 1.29 is 19.5 Å². The zero-order chi connectivity index (χ0) is 16.4. The van der Waals surface area contributed by atoms with Crippen LogP contribution in [0, 0.1) is 5.92 Å². The first-order valence-corrected chi connectivity index (χ1v) is 8.61. The molecule has 0 aromatic heterocycles. The van der Waals surface area contributed by atoms with Crippen molar-refractivity contribution in [3.63, 3.8) is 0 Å². The van der Waals surface area contributed by atoms with Crippen LogP contribution >= 0.6 is 39.3 Å². The first-order valence-electron chi connectivity index (χ1n) is 6.45. The van der Waals surface area contributed by atoms with Gasteiger partial charge in [0.05, 0.1) is 16.3 Å². The van der Waals surface area contributed by atoms with Gasteiger partial charge in [-0.3, -0.25) is 9.59 Å². The van der Waals surface area contributed by atoms with Crippen LogP contribution in [0.1, 0.15) is 23.7 Å². The molecule has 2 rings (SSSR count). The average Bonchev–Trinajstić information content (AvgIpc) is 2.80. The monoisotopic (exact) mass is 405 g/mol. The second kappa shape index (κ2) is 7.02. The van der Waals surface area contributed by atoms with E-state index in [2.05, 4.69) is 15.9 Å². The van der Waals surface area contributed by atoms with Crippen LogP contribution < -0.4 is 4.90 Å². The van der Waals surface area contributed by atoms with Gasteiger partial charge < -0.3 is 10.0 Å². The van der Waals surface area contributed by atoms with E-state index in [-0.39, 0.29) is 22.5 Å². The Hall–Kier alpha value is -1.05. The average molecular weight is 407 g/mol. The summed E-state index contributed by atoms with van der Waals surface area (Å²) >= 11 is 10.4. The molecule has 1 atom stereocenters. The zero-order valence-electron chi connectivity index (χ0n) is 11.6. The lowest BCUT2D eigenvalue weighted by Crippen LogP contribution is -2.26. The van der Waals surface area contributed by atoms with E-state index in [0.717, 1.165) is 0 Å². The fraction of sp³-hybridized carbons (Fsp3) is 0.357. The second-order valence-corrected chi connectivity index (χ2v) is 7.42. The third-order valence-corrected chi connectivity index (χ3v) is 5.53. The molecular formula is C14H13BrClNO4S. The highest BCUT2D eigenvalue weighted by atomic mass is 79.9. The summed E-state index contributed by atoms with van der Waals surface area (Å²) in [6, 6.07) is 2.87. The van der Waals surface area contributed by atoms with Gasteiger partial charge in [-0.05, 0) is 34.0 Å². The highest BCUT2D eigenvalue weighted by Crippen LogP contribution is 2.35. The zero-order valence-corrected chi connectivity index (χ0v) is 14.8. The molecule has 1 aliphatic heterocycles. The lowest BCUT2D eigenvalue weighted by atomic mass is 10.1. The van der Waals surface area contributed by atoms with Crippen LogP contribution in [-0.4, -0.2) is 34.4 Å². The molecule has 5 nitrogen and oxygen atoms in total. The van der Waals surface area contributed by atoms with Crippen LogP contribution in [0.3, 0.4) is 0 Å². The van der Waals surface area contributed by atoms with Crippen molar-refractivity contribution in [2.45, 2.75) is 13.3 Å². The van der Waals surface area contributed by atoms with E-state index in [1.165, 1.54) is 35.7 Å². The summed E-state index contributed by atoms with van der Waals surface area (Å²) in [5.41, 5.74) is 0.311. The fourth-order valence-corrected chi connectivity index (χ4v) is 3.49. The predicted octanol–water partition coefficient (Wildman–Crippen LogP) is 3.43. The summed E-state index contributed by atoms with van der Waals surface area (Å²) in [5.74, 6) is -0.716. The SMILES string of the molecule is CC(=O)SCC1CC(=O)N(c2cc(Cl)c(Br)cc2C(=O)O)C1. The number of thioether (sulfide) groups is 1. The van der Waals surface area contributed by atoms with Gasteiger partial charge in [0.25, 0.3) is 0 Å². The first-order chi connectivity index (χ1) is 10.3. The normalized spacial score (nSPS) is 17.9. The van der Waals surface area contributed by atoms with Crippen molar-refractivity contribution in [2.75, 3.05) is 17.2 Å². The van der Waals surface area contributed by atoms with Crippen LogP contribution in [0.25, 0.3) is 0 Å². The van der Waals surface area contributed by atoms with E-state index >= 15 is 0 Å². The maximum atomic E-state index is 12.2. The van der Waals surface area contributed by atoms with Crippen molar-refractivity contribution >= 4 is 62.0 Å². The van der Waals surface area contributed by atoms with Crippen molar-refractivity contribution in [1.82, 2.24) is 0 Å². The van der Waals surface area contributed by atoms with Crippen LogP contribution in [-0.2, 0) is 9.59 Å². The molecular weight excluding hydrogens is 394 g/mol. The predicted molar refractivity (Wildman–Crippen MR) is 89.7 cm³/mol. The standard InChI is InChI=1S/C14H13BrClNO4S/c1-7(18)22-6-8-2-13(19)17(5-8)12-4-11(16)10(15)3-9(12)14(20)21/h3-4,8H,2,5-6H2,1H3,(H,20,21). The summed E-state index contributed by atoms with van der Waals surface area (Å²) in [7, 11) is 0. The minimum Gasteiger partial charge on any atom is -0.478 e. The molecule has 1 unspecified atom stereocenters. The van der Waals surface area contributed by atoms with Crippen LogP contribution in [0.2, 0.25) is 5.02 Å². The number of aromatic carboxylic acids is 1. The van der Waals surface area contributed by atoms with Crippen LogP contribution in [0.5, 0.6) is 0 Å². The second-order valence-electron chi connectivity index (χ2n) is 4.97. The van der Waals surface area contributed by atoms with E-state index in [1.807, 2.05) is 0 Å². The molecule has 1 fully saturated rings. The Kier molecular flexibility index (Phi) is 5.52. The molecule has 0 bridgehead atoms. The molecule has 1 heterocycles. The van der Waals surface area contributed by atoms with Crippen molar-refractivity contribution in [1.29, 1.82) is 0 Å². The number of hydrogen-bond acceptors (Lipinski definition) is 4. The number of nitrogens with zero attached hydrogens (tertiary/aromatic N) is 1. The van der Waals surface area contributed by atoms with Gasteiger partial charge in [0.15, 0.2) is 5.12 Å². The number of carbonyl (C=O) groups is 3. The first kappa shape index (κ1) is 17.3. The molecule has 1 aromatic carbocycles. The summed E-state index contributed by atoms with van der Waals surface area (Å²) in [6.07, 6.45) is 0.299.